The van der Waals surface area contributed by atoms with E-state index in [9.17, 15) is 26.7 Å². The van der Waals surface area contributed by atoms with Crippen molar-refractivity contribution in [1.29, 1.82) is 0 Å². The van der Waals surface area contributed by atoms with Gasteiger partial charge in [-0.3, -0.25) is 9.48 Å². The molecular formula is C22H22F5N5O2. The van der Waals surface area contributed by atoms with Gasteiger partial charge in [-0.05, 0) is 19.2 Å². The Balaban J connectivity index is 1.89. The molecule has 0 N–H and O–H groups in total. The smallest absolute Gasteiger partial charge is 0.420 e. The minimum Gasteiger partial charge on any atom is -0.497 e. The summed E-state index contributed by atoms with van der Waals surface area (Å²) in [6.45, 7) is 2.48. The van der Waals surface area contributed by atoms with E-state index < -0.39 is 40.3 Å². The van der Waals surface area contributed by atoms with E-state index >= 15 is 0 Å². The molecule has 182 valence electrons. The van der Waals surface area contributed by atoms with Crippen molar-refractivity contribution in [3.05, 3.63) is 57.9 Å². The highest BCUT2D eigenvalue weighted by molar-refractivity contribution is 5.63. The van der Waals surface area contributed by atoms with Gasteiger partial charge in [-0.25, -0.2) is 13.8 Å². The van der Waals surface area contributed by atoms with Crippen molar-refractivity contribution in [2.45, 2.75) is 6.18 Å². The van der Waals surface area contributed by atoms with Gasteiger partial charge in [0.25, 0.3) is 5.56 Å². The molecule has 7 nitrogen and oxygen atoms in total. The van der Waals surface area contributed by atoms with Gasteiger partial charge in [-0.2, -0.15) is 17.9 Å². The van der Waals surface area contributed by atoms with Gasteiger partial charge in [0.05, 0.1) is 18.4 Å². The van der Waals surface area contributed by atoms with Crippen molar-refractivity contribution < 1.29 is 26.7 Å². The third-order valence-corrected chi connectivity index (χ3v) is 5.82. The molecule has 0 spiro atoms. The third kappa shape index (κ3) is 4.25. The highest BCUT2D eigenvalue weighted by Gasteiger charge is 2.37. The predicted molar refractivity (Wildman–Crippen MR) is 115 cm³/mol. The summed E-state index contributed by atoms with van der Waals surface area (Å²) in [5.41, 5.74) is -2.87. The zero-order chi connectivity index (χ0) is 24.8. The van der Waals surface area contributed by atoms with Crippen LogP contribution in [0.5, 0.6) is 5.75 Å². The first-order chi connectivity index (χ1) is 16.0. The molecular weight excluding hydrogens is 461 g/mol. The Kier molecular flexibility index (Phi) is 6.11. The summed E-state index contributed by atoms with van der Waals surface area (Å²) in [6.07, 6.45) is -4.82. The molecule has 4 rings (SSSR count). The van der Waals surface area contributed by atoms with Gasteiger partial charge in [0.15, 0.2) is 5.82 Å². The first-order valence-corrected chi connectivity index (χ1v) is 10.4. The van der Waals surface area contributed by atoms with Crippen LogP contribution < -0.4 is 15.2 Å². The summed E-state index contributed by atoms with van der Waals surface area (Å²) in [5.74, 6) is -2.53. The van der Waals surface area contributed by atoms with E-state index in [0.29, 0.717) is 30.9 Å². The zero-order valence-electron chi connectivity index (χ0n) is 18.7. The van der Waals surface area contributed by atoms with Crippen molar-refractivity contribution in [1.82, 2.24) is 19.2 Å². The lowest BCUT2D eigenvalue weighted by Gasteiger charge is -2.33. The molecule has 34 heavy (non-hydrogen) atoms. The monoisotopic (exact) mass is 483 g/mol. The number of anilines is 1. The number of piperazine rings is 1. The Bertz CT molecular complexity index is 1250. The highest BCUT2D eigenvalue weighted by Crippen LogP contribution is 2.35. The number of aromatic nitrogens is 3. The molecule has 1 saturated heterocycles. The van der Waals surface area contributed by atoms with E-state index in [1.807, 2.05) is 11.9 Å². The number of ether oxygens (including phenoxy) is 1. The number of alkyl halides is 3. The molecule has 0 radical (unpaired) electrons. The normalized spacial score (nSPS) is 15.1. The van der Waals surface area contributed by atoms with E-state index in [1.54, 1.807) is 0 Å². The molecule has 2 aromatic heterocycles. The van der Waals surface area contributed by atoms with Crippen LogP contribution in [0.1, 0.15) is 5.56 Å². The molecule has 1 aliphatic rings. The lowest BCUT2D eigenvalue weighted by molar-refractivity contribution is -0.137. The lowest BCUT2D eigenvalue weighted by atomic mass is 10.1. The van der Waals surface area contributed by atoms with Crippen LogP contribution in [0.4, 0.5) is 27.8 Å². The molecule has 12 heteroatoms. The Morgan fingerprint density at radius 3 is 2.15 bits per heavy atom. The number of hydrogen-bond acceptors (Lipinski definition) is 5. The third-order valence-electron chi connectivity index (χ3n) is 5.82. The van der Waals surface area contributed by atoms with E-state index in [1.165, 1.54) is 20.2 Å². The maximum absolute atomic E-state index is 14.7. The number of methoxy groups -OCH3 is 1. The number of halogens is 5. The Labute approximate surface area is 191 Å². The first kappa shape index (κ1) is 23.7. The van der Waals surface area contributed by atoms with Crippen LogP contribution in [-0.2, 0) is 13.2 Å². The summed E-state index contributed by atoms with van der Waals surface area (Å²) in [5, 5.41) is 0. The van der Waals surface area contributed by atoms with Crippen LogP contribution in [0.2, 0.25) is 0 Å². The standard InChI is InChI=1S/C22H22F5N5O2/c1-29-6-8-31(9-7-29)18-5-4-14(22(25,26)27)21(28-18)32-19(33)12-17(30(32)2)20-15(23)10-13(34-3)11-16(20)24/h4-5,10-12H,6-9H2,1-3H3. The quantitative estimate of drug-likeness (QED) is 0.534. The van der Waals surface area contributed by atoms with Crippen LogP contribution >= 0.6 is 0 Å². The van der Waals surface area contributed by atoms with Gasteiger partial charge in [0.2, 0.25) is 0 Å². The number of benzene rings is 1. The van der Waals surface area contributed by atoms with Gasteiger partial charge in [-0.1, -0.05) is 0 Å². The van der Waals surface area contributed by atoms with E-state index in [-0.39, 0.29) is 17.3 Å². The molecule has 0 bridgehead atoms. The van der Waals surface area contributed by atoms with Crippen molar-refractivity contribution >= 4 is 5.82 Å². The fourth-order valence-electron chi connectivity index (χ4n) is 3.95. The molecule has 3 aromatic rings. The molecule has 0 aliphatic carbocycles. The van der Waals surface area contributed by atoms with Crippen molar-refractivity contribution in [3.63, 3.8) is 0 Å². The van der Waals surface area contributed by atoms with Gasteiger partial charge in [-0.15, -0.1) is 0 Å². The average molecular weight is 483 g/mol. The molecule has 3 heterocycles. The molecule has 0 atom stereocenters. The molecule has 1 aromatic carbocycles. The molecule has 0 saturated carbocycles. The topological polar surface area (TPSA) is 55.5 Å². The fraction of sp³-hybridized carbons (Fsp3) is 0.364. The van der Waals surface area contributed by atoms with Crippen LogP contribution in [0, 0.1) is 11.6 Å². The number of nitrogens with zero attached hydrogens (tertiary/aromatic N) is 5. The number of rotatable bonds is 4. The van der Waals surface area contributed by atoms with Crippen molar-refractivity contribution in [2.75, 3.05) is 45.2 Å². The lowest BCUT2D eigenvalue weighted by Crippen LogP contribution is -2.45. The minimum atomic E-state index is -4.82. The summed E-state index contributed by atoms with van der Waals surface area (Å²) in [6, 6.07) is 4.85. The number of hydrogen-bond donors (Lipinski definition) is 0. The molecule has 0 unspecified atom stereocenters. The summed E-state index contributed by atoms with van der Waals surface area (Å²) < 4.78 is 77.3. The Hall–Kier alpha value is -3.41. The zero-order valence-corrected chi connectivity index (χ0v) is 18.7. The predicted octanol–water partition coefficient (Wildman–Crippen LogP) is 3.30. The second kappa shape index (κ2) is 8.75. The number of pyridine rings is 1. The van der Waals surface area contributed by atoms with Gasteiger partial charge < -0.3 is 14.5 Å². The Morgan fingerprint density at radius 2 is 1.59 bits per heavy atom. The van der Waals surface area contributed by atoms with Crippen molar-refractivity contribution in [2.24, 2.45) is 7.05 Å². The number of likely N-dealkylation sites (N-methyl/N-ethyl adjacent to an activating group) is 1. The van der Waals surface area contributed by atoms with Gasteiger partial charge >= 0.3 is 6.18 Å². The summed E-state index contributed by atoms with van der Waals surface area (Å²) in [4.78, 5) is 20.9. The SMILES string of the molecule is COc1cc(F)c(-c2cc(=O)n(-c3nc(N4CCN(C)CC4)ccc3C(F)(F)F)n2C)c(F)c1. The van der Waals surface area contributed by atoms with E-state index in [4.69, 9.17) is 4.74 Å². The largest absolute Gasteiger partial charge is 0.497 e. The average Bonchev–Trinajstić information content (AvgIpc) is 3.06. The minimum absolute atomic E-state index is 0.0796. The fourth-order valence-corrected chi connectivity index (χ4v) is 3.95. The second-order valence-corrected chi connectivity index (χ2v) is 8.00. The van der Waals surface area contributed by atoms with Crippen LogP contribution in [0.3, 0.4) is 0 Å². The summed E-state index contributed by atoms with van der Waals surface area (Å²) >= 11 is 0. The van der Waals surface area contributed by atoms with Gasteiger partial charge in [0, 0.05) is 51.4 Å². The van der Waals surface area contributed by atoms with Crippen LogP contribution in [0.15, 0.2) is 35.1 Å². The van der Waals surface area contributed by atoms with Crippen LogP contribution in [0.25, 0.3) is 17.1 Å². The maximum Gasteiger partial charge on any atom is 0.420 e. The van der Waals surface area contributed by atoms with Gasteiger partial charge in [0.1, 0.15) is 28.8 Å². The second-order valence-electron chi connectivity index (χ2n) is 8.00. The molecule has 1 fully saturated rings. The molecule has 0 amide bonds. The van der Waals surface area contributed by atoms with Crippen molar-refractivity contribution in [3.8, 4) is 22.8 Å². The summed E-state index contributed by atoms with van der Waals surface area (Å²) in [7, 11) is 4.41. The maximum atomic E-state index is 14.7. The van der Waals surface area contributed by atoms with Crippen LogP contribution in [-0.4, -0.2) is 59.6 Å². The Morgan fingerprint density at radius 1 is 0.971 bits per heavy atom. The molecule has 1 aliphatic heterocycles. The highest BCUT2D eigenvalue weighted by atomic mass is 19.4. The first-order valence-electron chi connectivity index (χ1n) is 10.4. The van der Waals surface area contributed by atoms with E-state index in [2.05, 4.69) is 9.88 Å². The van der Waals surface area contributed by atoms with E-state index in [0.717, 1.165) is 28.9 Å².